The first-order valence-corrected chi connectivity index (χ1v) is 6.31. The van der Waals surface area contributed by atoms with E-state index in [4.69, 9.17) is 5.11 Å². The molecule has 0 fully saturated rings. The monoisotopic (exact) mass is 221 g/mol. The van der Waals surface area contributed by atoms with Gasteiger partial charge in [0.15, 0.2) is 0 Å². The predicted molar refractivity (Wildman–Crippen MR) is 57.6 cm³/mol. The third-order valence-electron chi connectivity index (χ3n) is 1.92. The quantitative estimate of drug-likeness (QED) is 0.482. The number of allylic oxidation sites excluding steroid dienone is 1. The van der Waals surface area contributed by atoms with Crippen molar-refractivity contribution in [1.82, 2.24) is 4.31 Å². The van der Waals surface area contributed by atoms with Crippen LogP contribution in [0.3, 0.4) is 0 Å². The van der Waals surface area contributed by atoms with Crippen LogP contribution in [0.15, 0.2) is 12.7 Å². The van der Waals surface area contributed by atoms with Gasteiger partial charge in [-0.2, -0.15) is 0 Å². The maximum absolute atomic E-state index is 11.5. The Morgan fingerprint density at radius 1 is 1.43 bits per heavy atom. The molecular formula is C9H19NO3S. The van der Waals surface area contributed by atoms with E-state index in [1.165, 1.54) is 4.31 Å². The van der Waals surface area contributed by atoms with Crippen LogP contribution in [0, 0.1) is 0 Å². The van der Waals surface area contributed by atoms with Crippen molar-refractivity contribution < 1.29 is 13.5 Å². The summed E-state index contributed by atoms with van der Waals surface area (Å²) in [5.74, 6) is 0.0219. The Balaban J connectivity index is 3.94. The van der Waals surface area contributed by atoms with Crippen LogP contribution >= 0.6 is 0 Å². The van der Waals surface area contributed by atoms with E-state index in [1.807, 2.05) is 0 Å². The molecule has 0 unspecified atom stereocenters. The van der Waals surface area contributed by atoms with Crippen molar-refractivity contribution in [1.29, 1.82) is 0 Å². The number of nitrogens with zero attached hydrogens (tertiary/aromatic N) is 1. The molecular weight excluding hydrogens is 202 g/mol. The summed E-state index contributed by atoms with van der Waals surface area (Å²) < 4.78 is 24.3. The normalized spacial score (nSPS) is 11.9. The maximum atomic E-state index is 11.5. The first-order valence-electron chi connectivity index (χ1n) is 4.70. The zero-order chi connectivity index (χ0) is 11.0. The molecule has 0 rings (SSSR count). The second-order valence-corrected chi connectivity index (χ2v) is 5.34. The van der Waals surface area contributed by atoms with Crippen molar-refractivity contribution in [3.05, 3.63) is 12.7 Å². The second kappa shape index (κ2) is 6.98. The lowest BCUT2D eigenvalue weighted by atomic mass is 10.3. The minimum absolute atomic E-state index is 0.0219. The van der Waals surface area contributed by atoms with Crippen LogP contribution in [0.4, 0.5) is 0 Å². The third-order valence-corrected chi connectivity index (χ3v) is 3.85. The highest BCUT2D eigenvalue weighted by Gasteiger charge is 2.15. The Bertz CT molecular complexity index is 249. The van der Waals surface area contributed by atoms with E-state index < -0.39 is 10.0 Å². The fraction of sp³-hybridized carbons (Fsp3) is 0.778. The van der Waals surface area contributed by atoms with Gasteiger partial charge in [-0.25, -0.2) is 12.7 Å². The molecule has 0 aromatic rings. The van der Waals surface area contributed by atoms with Gasteiger partial charge in [0.2, 0.25) is 10.0 Å². The van der Waals surface area contributed by atoms with Crippen LogP contribution in [0.5, 0.6) is 0 Å². The lowest BCUT2D eigenvalue weighted by molar-refractivity contribution is 0.294. The largest absolute Gasteiger partial charge is 0.396 e. The van der Waals surface area contributed by atoms with E-state index in [2.05, 4.69) is 6.58 Å². The number of sulfonamides is 1. The molecule has 0 aliphatic rings. The van der Waals surface area contributed by atoms with Gasteiger partial charge in [0, 0.05) is 20.2 Å². The summed E-state index contributed by atoms with van der Waals surface area (Å²) >= 11 is 0. The zero-order valence-corrected chi connectivity index (χ0v) is 9.46. The Labute approximate surface area is 86.3 Å². The first kappa shape index (κ1) is 13.6. The maximum Gasteiger partial charge on any atom is 0.213 e. The summed E-state index contributed by atoms with van der Waals surface area (Å²) in [4.78, 5) is 0. The zero-order valence-electron chi connectivity index (χ0n) is 8.65. The van der Waals surface area contributed by atoms with Gasteiger partial charge in [0.1, 0.15) is 0 Å². The summed E-state index contributed by atoms with van der Waals surface area (Å²) in [6, 6.07) is 0. The molecule has 84 valence electrons. The Hall–Kier alpha value is -0.390. The smallest absolute Gasteiger partial charge is 0.213 e. The number of rotatable bonds is 8. The van der Waals surface area contributed by atoms with Gasteiger partial charge in [0.05, 0.1) is 5.75 Å². The Kier molecular flexibility index (Phi) is 6.78. The SMILES string of the molecule is C=CCCCN(C)S(=O)(=O)CCCO. The number of aliphatic hydroxyl groups excluding tert-OH is 1. The molecule has 14 heavy (non-hydrogen) atoms. The highest BCUT2D eigenvalue weighted by Crippen LogP contribution is 2.02. The average molecular weight is 221 g/mol. The van der Waals surface area contributed by atoms with Gasteiger partial charge in [0.25, 0.3) is 0 Å². The molecule has 0 aliphatic carbocycles. The van der Waals surface area contributed by atoms with Gasteiger partial charge in [-0.15, -0.1) is 6.58 Å². The number of hydrogen-bond acceptors (Lipinski definition) is 3. The summed E-state index contributed by atoms with van der Waals surface area (Å²) in [6.07, 6.45) is 3.68. The van der Waals surface area contributed by atoms with E-state index in [-0.39, 0.29) is 12.4 Å². The molecule has 0 aromatic heterocycles. The van der Waals surface area contributed by atoms with Crippen LogP contribution < -0.4 is 0 Å². The Morgan fingerprint density at radius 2 is 2.07 bits per heavy atom. The number of hydrogen-bond donors (Lipinski definition) is 1. The van der Waals surface area contributed by atoms with Gasteiger partial charge in [-0.05, 0) is 19.3 Å². The van der Waals surface area contributed by atoms with Crippen LogP contribution in [0.1, 0.15) is 19.3 Å². The number of aliphatic hydroxyl groups is 1. The average Bonchev–Trinajstić information content (AvgIpc) is 2.15. The molecule has 0 spiro atoms. The van der Waals surface area contributed by atoms with Crippen molar-refractivity contribution >= 4 is 10.0 Å². The van der Waals surface area contributed by atoms with Gasteiger partial charge in [-0.1, -0.05) is 6.08 Å². The molecule has 0 saturated carbocycles. The van der Waals surface area contributed by atoms with Crippen molar-refractivity contribution in [3.8, 4) is 0 Å². The summed E-state index contributed by atoms with van der Waals surface area (Å²) in [6.45, 7) is 4.00. The molecule has 0 heterocycles. The molecule has 0 saturated heterocycles. The highest BCUT2D eigenvalue weighted by molar-refractivity contribution is 7.89. The minimum atomic E-state index is -3.16. The molecule has 0 amide bonds. The second-order valence-electron chi connectivity index (χ2n) is 3.15. The molecule has 0 radical (unpaired) electrons. The van der Waals surface area contributed by atoms with E-state index in [0.717, 1.165) is 12.8 Å². The minimum Gasteiger partial charge on any atom is -0.396 e. The Morgan fingerprint density at radius 3 is 2.57 bits per heavy atom. The standard InChI is InChI=1S/C9H19NO3S/c1-3-4-5-7-10(2)14(12,13)9-6-8-11/h3,11H,1,4-9H2,2H3. The third kappa shape index (κ3) is 5.36. The van der Waals surface area contributed by atoms with Crippen molar-refractivity contribution in [3.63, 3.8) is 0 Å². The fourth-order valence-corrected chi connectivity index (χ4v) is 2.21. The van der Waals surface area contributed by atoms with Crippen molar-refractivity contribution in [2.75, 3.05) is 26.0 Å². The fourth-order valence-electron chi connectivity index (χ4n) is 1.00. The van der Waals surface area contributed by atoms with Crippen LogP contribution in [-0.4, -0.2) is 43.8 Å². The van der Waals surface area contributed by atoms with E-state index in [1.54, 1.807) is 13.1 Å². The molecule has 0 aromatic carbocycles. The molecule has 0 aliphatic heterocycles. The van der Waals surface area contributed by atoms with Crippen molar-refractivity contribution in [2.45, 2.75) is 19.3 Å². The van der Waals surface area contributed by atoms with Crippen LogP contribution in [-0.2, 0) is 10.0 Å². The van der Waals surface area contributed by atoms with E-state index in [9.17, 15) is 8.42 Å². The molecule has 0 bridgehead atoms. The summed E-state index contributed by atoms with van der Waals surface area (Å²) in [5, 5.41) is 8.53. The molecule has 0 atom stereocenters. The van der Waals surface area contributed by atoms with E-state index in [0.29, 0.717) is 13.0 Å². The topological polar surface area (TPSA) is 57.6 Å². The van der Waals surface area contributed by atoms with Gasteiger partial charge >= 0.3 is 0 Å². The number of unbranched alkanes of at least 4 members (excludes halogenated alkanes) is 1. The predicted octanol–water partition coefficient (Wildman–Crippen LogP) is 0.597. The van der Waals surface area contributed by atoms with Gasteiger partial charge in [-0.3, -0.25) is 0 Å². The first-order chi connectivity index (χ1) is 6.54. The van der Waals surface area contributed by atoms with Gasteiger partial charge < -0.3 is 5.11 Å². The summed E-state index contributed by atoms with van der Waals surface area (Å²) in [5.41, 5.74) is 0. The van der Waals surface area contributed by atoms with Crippen LogP contribution in [0.25, 0.3) is 0 Å². The highest BCUT2D eigenvalue weighted by atomic mass is 32.2. The molecule has 5 heteroatoms. The molecule has 4 nitrogen and oxygen atoms in total. The van der Waals surface area contributed by atoms with Crippen molar-refractivity contribution in [2.24, 2.45) is 0 Å². The lowest BCUT2D eigenvalue weighted by Gasteiger charge is -2.16. The molecule has 1 N–H and O–H groups in total. The lowest BCUT2D eigenvalue weighted by Crippen LogP contribution is -2.30. The summed E-state index contributed by atoms with van der Waals surface area (Å²) in [7, 11) is -1.60. The van der Waals surface area contributed by atoms with E-state index >= 15 is 0 Å². The van der Waals surface area contributed by atoms with Crippen LogP contribution in [0.2, 0.25) is 0 Å².